The van der Waals surface area contributed by atoms with Crippen LogP contribution >= 0.6 is 15.9 Å². The van der Waals surface area contributed by atoms with Crippen molar-refractivity contribution in [2.45, 2.75) is 5.33 Å². The van der Waals surface area contributed by atoms with Gasteiger partial charge in [0.25, 0.3) is 5.69 Å². The molecule has 1 aromatic heterocycles. The largest absolute Gasteiger partial charge is 0.497 e. The van der Waals surface area contributed by atoms with E-state index in [1.165, 1.54) is 19.2 Å². The first kappa shape index (κ1) is 16.2. The number of fused-ring (bicyclic) bond motifs is 1. The van der Waals surface area contributed by atoms with Gasteiger partial charge < -0.3 is 9.15 Å². The number of rotatable bonds is 4. The fourth-order valence-corrected chi connectivity index (χ4v) is 2.94. The highest BCUT2D eigenvalue weighted by Crippen LogP contribution is 2.30. The second-order valence-corrected chi connectivity index (χ2v) is 5.60. The van der Waals surface area contributed by atoms with Crippen LogP contribution in [0.1, 0.15) is 5.56 Å². The monoisotopic (exact) mass is 389 g/mol. The van der Waals surface area contributed by atoms with Crippen LogP contribution in [0.2, 0.25) is 0 Å². The molecule has 2 aromatic carbocycles. The van der Waals surface area contributed by atoms with Crippen LogP contribution in [0.15, 0.2) is 51.7 Å². The zero-order chi connectivity index (χ0) is 17.3. The minimum atomic E-state index is -0.476. The number of non-ortho nitro benzene ring substituents is 1. The predicted octanol–water partition coefficient (Wildman–Crippen LogP) is 4.27. The summed E-state index contributed by atoms with van der Waals surface area (Å²) in [4.78, 5) is 23.0. The van der Waals surface area contributed by atoms with Crippen molar-refractivity contribution in [1.82, 2.24) is 0 Å². The van der Waals surface area contributed by atoms with Gasteiger partial charge in [0, 0.05) is 29.1 Å². The van der Waals surface area contributed by atoms with Crippen molar-refractivity contribution in [3.8, 4) is 17.1 Å². The molecule has 0 aliphatic rings. The molecule has 0 aliphatic carbocycles. The van der Waals surface area contributed by atoms with Gasteiger partial charge in [0.1, 0.15) is 17.1 Å². The molecule has 122 valence electrons. The summed E-state index contributed by atoms with van der Waals surface area (Å²) in [7, 11) is 1.53. The minimum Gasteiger partial charge on any atom is -0.497 e. The van der Waals surface area contributed by atoms with Gasteiger partial charge in [-0.15, -0.1) is 0 Å². The highest BCUT2D eigenvalue weighted by molar-refractivity contribution is 9.08. The van der Waals surface area contributed by atoms with Crippen molar-refractivity contribution in [1.29, 1.82) is 0 Å². The molecule has 0 amide bonds. The van der Waals surface area contributed by atoms with E-state index in [1.807, 2.05) is 0 Å². The van der Waals surface area contributed by atoms with Gasteiger partial charge in [0.05, 0.1) is 23.0 Å². The average Bonchev–Trinajstić information content (AvgIpc) is 2.61. The van der Waals surface area contributed by atoms with E-state index in [4.69, 9.17) is 9.15 Å². The van der Waals surface area contributed by atoms with E-state index in [0.717, 1.165) is 0 Å². The summed E-state index contributed by atoms with van der Waals surface area (Å²) in [6.07, 6.45) is 0. The van der Waals surface area contributed by atoms with Gasteiger partial charge in [-0.05, 0) is 24.3 Å². The Balaban J connectivity index is 2.25. The summed E-state index contributed by atoms with van der Waals surface area (Å²) >= 11 is 3.32. The van der Waals surface area contributed by atoms with E-state index in [1.54, 1.807) is 30.3 Å². The molecule has 3 rings (SSSR count). The number of benzene rings is 2. The zero-order valence-electron chi connectivity index (χ0n) is 12.6. The summed E-state index contributed by atoms with van der Waals surface area (Å²) in [5, 5.41) is 11.5. The molecule has 0 radical (unpaired) electrons. The van der Waals surface area contributed by atoms with Gasteiger partial charge in [0.2, 0.25) is 0 Å². The van der Waals surface area contributed by atoms with Crippen molar-refractivity contribution in [2.24, 2.45) is 0 Å². The number of ether oxygens (including phenoxy) is 1. The van der Waals surface area contributed by atoms with Gasteiger partial charge in [-0.2, -0.15) is 0 Å². The van der Waals surface area contributed by atoms with Gasteiger partial charge in [-0.25, -0.2) is 0 Å². The smallest absolute Gasteiger partial charge is 0.269 e. The molecule has 0 unspecified atom stereocenters. The van der Waals surface area contributed by atoms with Crippen LogP contribution in [-0.4, -0.2) is 12.0 Å². The molecule has 0 atom stereocenters. The average molecular weight is 390 g/mol. The van der Waals surface area contributed by atoms with E-state index < -0.39 is 4.92 Å². The van der Waals surface area contributed by atoms with E-state index in [0.29, 0.717) is 38.9 Å². The molecular formula is C17H12BrNO5. The Hall–Kier alpha value is -2.67. The summed E-state index contributed by atoms with van der Waals surface area (Å²) in [6.45, 7) is 0. The molecule has 0 bridgehead atoms. The van der Waals surface area contributed by atoms with Crippen LogP contribution in [0, 0.1) is 10.1 Å². The normalized spacial score (nSPS) is 10.8. The quantitative estimate of drug-likeness (QED) is 0.378. The second-order valence-electron chi connectivity index (χ2n) is 5.04. The molecule has 7 heteroatoms. The lowest BCUT2D eigenvalue weighted by Gasteiger charge is -2.09. The lowest BCUT2D eigenvalue weighted by Crippen LogP contribution is -2.09. The third kappa shape index (κ3) is 2.78. The fraction of sp³-hybridized carbons (Fsp3) is 0.118. The molecule has 0 N–H and O–H groups in total. The van der Waals surface area contributed by atoms with E-state index >= 15 is 0 Å². The maximum absolute atomic E-state index is 12.7. The number of hydrogen-bond donors (Lipinski definition) is 0. The van der Waals surface area contributed by atoms with Gasteiger partial charge >= 0.3 is 0 Å². The highest BCUT2D eigenvalue weighted by atomic mass is 79.9. The number of hydrogen-bond acceptors (Lipinski definition) is 5. The Bertz CT molecular complexity index is 979. The van der Waals surface area contributed by atoms with Crippen molar-refractivity contribution in [3.63, 3.8) is 0 Å². The predicted molar refractivity (Wildman–Crippen MR) is 93.8 cm³/mol. The van der Waals surface area contributed by atoms with Crippen molar-refractivity contribution in [2.75, 3.05) is 7.11 Å². The van der Waals surface area contributed by atoms with Crippen LogP contribution < -0.4 is 10.2 Å². The lowest BCUT2D eigenvalue weighted by molar-refractivity contribution is -0.384. The highest BCUT2D eigenvalue weighted by Gasteiger charge is 2.16. The molecule has 1 heterocycles. The van der Waals surface area contributed by atoms with Crippen LogP contribution in [0.3, 0.4) is 0 Å². The fourth-order valence-electron chi connectivity index (χ4n) is 2.43. The molecule has 6 nitrogen and oxygen atoms in total. The Kier molecular flexibility index (Phi) is 4.35. The molecule has 0 saturated carbocycles. The topological polar surface area (TPSA) is 82.6 Å². The number of nitrogens with zero attached hydrogens (tertiary/aromatic N) is 1. The molecule has 0 fully saturated rings. The SMILES string of the molecule is COc1ccc2c(=O)c(CBr)c(-c3ccc([N+](=O)[O-])cc3)oc2c1. The zero-order valence-corrected chi connectivity index (χ0v) is 14.2. The Morgan fingerprint density at radius 1 is 1.21 bits per heavy atom. The number of nitro groups is 1. The Morgan fingerprint density at radius 2 is 1.92 bits per heavy atom. The van der Waals surface area contributed by atoms with E-state index in [-0.39, 0.29) is 11.1 Å². The first-order valence-electron chi connectivity index (χ1n) is 6.99. The van der Waals surface area contributed by atoms with Gasteiger partial charge in [-0.1, -0.05) is 15.9 Å². The number of methoxy groups -OCH3 is 1. The third-order valence-electron chi connectivity index (χ3n) is 3.67. The summed E-state index contributed by atoms with van der Waals surface area (Å²) in [5.74, 6) is 0.958. The summed E-state index contributed by atoms with van der Waals surface area (Å²) < 4.78 is 11.1. The number of halogens is 1. The molecule has 24 heavy (non-hydrogen) atoms. The summed E-state index contributed by atoms with van der Waals surface area (Å²) in [5.41, 5.74) is 1.28. The first-order valence-corrected chi connectivity index (χ1v) is 8.12. The molecule has 0 saturated heterocycles. The number of nitro benzene ring substituents is 1. The van der Waals surface area contributed by atoms with Gasteiger partial charge in [0.15, 0.2) is 5.43 Å². The van der Waals surface area contributed by atoms with E-state index in [2.05, 4.69) is 15.9 Å². The third-order valence-corrected chi connectivity index (χ3v) is 4.23. The van der Waals surface area contributed by atoms with Crippen molar-refractivity contribution in [3.05, 3.63) is 68.4 Å². The minimum absolute atomic E-state index is 0.0241. The number of alkyl halides is 1. The first-order chi connectivity index (χ1) is 11.5. The van der Waals surface area contributed by atoms with Crippen molar-refractivity contribution < 1.29 is 14.1 Å². The molecule has 0 spiro atoms. The summed E-state index contributed by atoms with van der Waals surface area (Å²) in [6, 6.07) is 10.9. The van der Waals surface area contributed by atoms with Crippen LogP contribution in [0.4, 0.5) is 5.69 Å². The van der Waals surface area contributed by atoms with Crippen LogP contribution in [0.5, 0.6) is 5.75 Å². The second kappa shape index (κ2) is 6.45. The molecule has 3 aromatic rings. The standard InChI is InChI=1S/C17H12BrNO5/c1-23-12-6-7-13-15(8-12)24-17(14(9-18)16(13)20)10-2-4-11(5-3-10)19(21)22/h2-8H,9H2,1H3. The van der Waals surface area contributed by atoms with Crippen molar-refractivity contribution >= 4 is 32.6 Å². The maximum Gasteiger partial charge on any atom is 0.269 e. The maximum atomic E-state index is 12.7. The molecular weight excluding hydrogens is 378 g/mol. The van der Waals surface area contributed by atoms with Crippen LogP contribution in [0.25, 0.3) is 22.3 Å². The Morgan fingerprint density at radius 3 is 2.50 bits per heavy atom. The lowest BCUT2D eigenvalue weighted by atomic mass is 10.1. The van der Waals surface area contributed by atoms with Gasteiger partial charge in [-0.3, -0.25) is 14.9 Å². The Labute approximate surface area is 145 Å². The van der Waals surface area contributed by atoms with E-state index in [9.17, 15) is 14.9 Å². The molecule has 0 aliphatic heterocycles. The van der Waals surface area contributed by atoms with Crippen LogP contribution in [-0.2, 0) is 5.33 Å².